The minimum Gasteiger partial charge on any atom is -0.496 e. The van der Waals surface area contributed by atoms with Crippen LogP contribution >= 0.6 is 0 Å². The van der Waals surface area contributed by atoms with E-state index in [0.29, 0.717) is 5.75 Å². The van der Waals surface area contributed by atoms with Crippen molar-refractivity contribution in [3.8, 4) is 11.8 Å². The molecule has 0 unspecified atom stereocenters. The van der Waals surface area contributed by atoms with Crippen LogP contribution in [0.5, 0.6) is 11.8 Å². The summed E-state index contributed by atoms with van der Waals surface area (Å²) in [7, 11) is 1.48. The van der Waals surface area contributed by atoms with Crippen LogP contribution in [0.25, 0.3) is 0 Å². The van der Waals surface area contributed by atoms with Crippen molar-refractivity contribution in [1.29, 1.82) is 0 Å². The SMILES string of the molecule is COc1cc(C(=O)O)ccc1COc1ncccn1. The fourth-order valence-corrected chi connectivity index (χ4v) is 1.50. The van der Waals surface area contributed by atoms with Gasteiger partial charge in [-0.1, -0.05) is 6.07 Å². The first-order valence-corrected chi connectivity index (χ1v) is 5.50. The van der Waals surface area contributed by atoms with E-state index >= 15 is 0 Å². The first kappa shape index (κ1) is 12.8. The summed E-state index contributed by atoms with van der Waals surface area (Å²) in [6.07, 6.45) is 3.15. The van der Waals surface area contributed by atoms with Crippen LogP contribution in [0, 0.1) is 0 Å². The van der Waals surface area contributed by atoms with Crippen molar-refractivity contribution >= 4 is 5.97 Å². The number of carbonyl (C=O) groups is 1. The number of rotatable bonds is 5. The normalized spacial score (nSPS) is 9.95. The zero-order valence-corrected chi connectivity index (χ0v) is 10.2. The Hall–Kier alpha value is -2.63. The van der Waals surface area contributed by atoms with Gasteiger partial charge in [0.2, 0.25) is 0 Å². The summed E-state index contributed by atoms with van der Waals surface area (Å²) in [5, 5.41) is 8.90. The topological polar surface area (TPSA) is 81.5 Å². The number of methoxy groups -OCH3 is 1. The maximum Gasteiger partial charge on any atom is 0.335 e. The van der Waals surface area contributed by atoms with Crippen LogP contribution in [0.1, 0.15) is 15.9 Å². The maximum absolute atomic E-state index is 10.9. The molecule has 98 valence electrons. The molecule has 0 fully saturated rings. The van der Waals surface area contributed by atoms with Crippen LogP contribution in [-0.4, -0.2) is 28.2 Å². The molecule has 1 N–H and O–H groups in total. The van der Waals surface area contributed by atoms with Gasteiger partial charge < -0.3 is 14.6 Å². The summed E-state index contributed by atoms with van der Waals surface area (Å²) >= 11 is 0. The van der Waals surface area contributed by atoms with Crippen molar-refractivity contribution in [3.63, 3.8) is 0 Å². The Morgan fingerprint density at radius 3 is 2.68 bits per heavy atom. The average molecular weight is 260 g/mol. The number of aromatic nitrogens is 2. The highest BCUT2D eigenvalue weighted by atomic mass is 16.5. The van der Waals surface area contributed by atoms with Gasteiger partial charge in [0.25, 0.3) is 0 Å². The third-order valence-corrected chi connectivity index (χ3v) is 2.43. The predicted octanol–water partition coefficient (Wildman–Crippen LogP) is 1.76. The Bertz CT molecular complexity index is 572. The first-order chi connectivity index (χ1) is 9.20. The molecule has 2 aromatic rings. The fraction of sp³-hybridized carbons (Fsp3) is 0.154. The average Bonchev–Trinajstić information content (AvgIpc) is 2.45. The number of carboxylic acids is 1. The summed E-state index contributed by atoms with van der Waals surface area (Å²) in [6.45, 7) is 0.201. The van der Waals surface area contributed by atoms with Crippen molar-refractivity contribution < 1.29 is 19.4 Å². The molecule has 0 saturated heterocycles. The van der Waals surface area contributed by atoms with Crippen molar-refractivity contribution in [2.24, 2.45) is 0 Å². The third kappa shape index (κ3) is 3.19. The van der Waals surface area contributed by atoms with Crippen LogP contribution in [0.15, 0.2) is 36.7 Å². The molecule has 1 aromatic carbocycles. The molecular formula is C13H12N2O4. The molecule has 0 atom stereocenters. The Labute approximate surface area is 109 Å². The number of benzene rings is 1. The van der Waals surface area contributed by atoms with Gasteiger partial charge in [-0.05, 0) is 18.2 Å². The van der Waals surface area contributed by atoms with E-state index in [1.807, 2.05) is 0 Å². The Kier molecular flexibility index (Phi) is 3.92. The second kappa shape index (κ2) is 5.81. The molecule has 19 heavy (non-hydrogen) atoms. The van der Waals surface area contributed by atoms with Gasteiger partial charge in [0.05, 0.1) is 12.7 Å². The molecule has 0 radical (unpaired) electrons. The third-order valence-electron chi connectivity index (χ3n) is 2.43. The van der Waals surface area contributed by atoms with E-state index in [1.165, 1.54) is 19.2 Å². The van der Waals surface area contributed by atoms with Gasteiger partial charge in [-0.15, -0.1) is 0 Å². The van der Waals surface area contributed by atoms with E-state index in [0.717, 1.165) is 5.56 Å². The van der Waals surface area contributed by atoms with Gasteiger partial charge in [-0.25, -0.2) is 14.8 Å². The van der Waals surface area contributed by atoms with Crippen LogP contribution in [-0.2, 0) is 6.61 Å². The minimum atomic E-state index is -1.00. The molecule has 1 heterocycles. The quantitative estimate of drug-likeness (QED) is 0.882. The van der Waals surface area contributed by atoms with E-state index in [4.69, 9.17) is 14.6 Å². The van der Waals surface area contributed by atoms with Crippen molar-refractivity contribution in [1.82, 2.24) is 9.97 Å². The van der Waals surface area contributed by atoms with Gasteiger partial charge in [0.15, 0.2) is 0 Å². The molecule has 0 spiro atoms. The van der Waals surface area contributed by atoms with E-state index in [-0.39, 0.29) is 18.2 Å². The molecular weight excluding hydrogens is 248 g/mol. The first-order valence-electron chi connectivity index (χ1n) is 5.50. The van der Waals surface area contributed by atoms with E-state index in [1.54, 1.807) is 24.5 Å². The summed E-state index contributed by atoms with van der Waals surface area (Å²) in [5.41, 5.74) is 0.886. The molecule has 0 aliphatic heterocycles. The Balaban J connectivity index is 2.14. The number of hydrogen-bond donors (Lipinski definition) is 1. The van der Waals surface area contributed by atoms with Crippen LogP contribution in [0.4, 0.5) is 0 Å². The second-order valence-electron chi connectivity index (χ2n) is 3.65. The van der Waals surface area contributed by atoms with E-state index < -0.39 is 5.97 Å². The molecule has 6 nitrogen and oxygen atoms in total. The smallest absolute Gasteiger partial charge is 0.335 e. The van der Waals surface area contributed by atoms with Gasteiger partial charge >= 0.3 is 12.0 Å². The van der Waals surface area contributed by atoms with E-state index in [9.17, 15) is 4.79 Å². The fourth-order valence-electron chi connectivity index (χ4n) is 1.50. The minimum absolute atomic E-state index is 0.163. The van der Waals surface area contributed by atoms with Gasteiger partial charge in [0.1, 0.15) is 12.4 Å². The maximum atomic E-state index is 10.9. The van der Waals surface area contributed by atoms with Crippen LogP contribution in [0.2, 0.25) is 0 Å². The van der Waals surface area contributed by atoms with Crippen molar-refractivity contribution in [2.45, 2.75) is 6.61 Å². The Morgan fingerprint density at radius 2 is 2.05 bits per heavy atom. The van der Waals surface area contributed by atoms with Crippen LogP contribution in [0.3, 0.4) is 0 Å². The summed E-state index contributed by atoms with van der Waals surface area (Å²) in [6, 6.07) is 6.54. The summed E-state index contributed by atoms with van der Waals surface area (Å²) in [5.74, 6) is -0.548. The second-order valence-corrected chi connectivity index (χ2v) is 3.65. The number of nitrogens with zero attached hydrogens (tertiary/aromatic N) is 2. The lowest BCUT2D eigenvalue weighted by molar-refractivity contribution is 0.0696. The number of ether oxygens (including phenoxy) is 2. The summed E-state index contributed by atoms with van der Waals surface area (Å²) in [4.78, 5) is 18.7. The molecule has 0 aliphatic rings. The van der Waals surface area contributed by atoms with Gasteiger partial charge in [0, 0.05) is 18.0 Å². The lowest BCUT2D eigenvalue weighted by Crippen LogP contribution is -2.03. The highest BCUT2D eigenvalue weighted by molar-refractivity contribution is 5.88. The zero-order valence-electron chi connectivity index (χ0n) is 10.2. The standard InChI is InChI=1S/C13H12N2O4/c1-18-11-7-9(12(16)17)3-4-10(11)8-19-13-14-5-2-6-15-13/h2-7H,8H2,1H3,(H,16,17). The lowest BCUT2D eigenvalue weighted by Gasteiger charge is -2.09. The monoisotopic (exact) mass is 260 g/mol. The predicted molar refractivity (Wildman–Crippen MR) is 66.3 cm³/mol. The van der Waals surface area contributed by atoms with Gasteiger partial charge in [-0.3, -0.25) is 0 Å². The molecule has 0 amide bonds. The molecule has 1 aromatic heterocycles. The molecule has 0 aliphatic carbocycles. The van der Waals surface area contributed by atoms with Crippen molar-refractivity contribution in [3.05, 3.63) is 47.8 Å². The number of carboxylic acid groups (broad SMARTS) is 1. The zero-order chi connectivity index (χ0) is 13.7. The molecule has 0 saturated carbocycles. The summed E-state index contributed by atoms with van der Waals surface area (Å²) < 4.78 is 10.5. The number of hydrogen-bond acceptors (Lipinski definition) is 5. The highest BCUT2D eigenvalue weighted by Gasteiger charge is 2.09. The highest BCUT2D eigenvalue weighted by Crippen LogP contribution is 2.21. The lowest BCUT2D eigenvalue weighted by atomic mass is 10.1. The van der Waals surface area contributed by atoms with Crippen molar-refractivity contribution in [2.75, 3.05) is 7.11 Å². The van der Waals surface area contributed by atoms with Crippen LogP contribution < -0.4 is 9.47 Å². The van der Waals surface area contributed by atoms with E-state index in [2.05, 4.69) is 9.97 Å². The largest absolute Gasteiger partial charge is 0.496 e. The van der Waals surface area contributed by atoms with Gasteiger partial charge in [-0.2, -0.15) is 0 Å². The molecule has 0 bridgehead atoms. The number of aromatic carboxylic acids is 1. The molecule has 6 heteroatoms. The Morgan fingerprint density at radius 1 is 1.32 bits per heavy atom. The molecule has 2 rings (SSSR count).